The van der Waals surface area contributed by atoms with Crippen LogP contribution in [0.5, 0.6) is 0 Å². The van der Waals surface area contributed by atoms with Gasteiger partial charge in [0.25, 0.3) is 5.91 Å². The molecular formula is C25H30N4O2. The summed E-state index contributed by atoms with van der Waals surface area (Å²) < 4.78 is 0. The number of imidazole rings is 1. The number of hydrogen-bond acceptors (Lipinski definition) is 3. The van der Waals surface area contributed by atoms with Gasteiger partial charge in [0.1, 0.15) is 0 Å². The zero-order valence-electron chi connectivity index (χ0n) is 18.9. The van der Waals surface area contributed by atoms with Crippen molar-refractivity contribution < 1.29 is 9.59 Å². The number of hydrogen-bond donors (Lipinski definition) is 2. The van der Waals surface area contributed by atoms with Crippen LogP contribution in [0.1, 0.15) is 63.4 Å². The van der Waals surface area contributed by atoms with Gasteiger partial charge >= 0.3 is 0 Å². The zero-order chi connectivity index (χ0) is 22.4. The van der Waals surface area contributed by atoms with Gasteiger partial charge in [0.15, 0.2) is 0 Å². The number of rotatable bonds is 5. The summed E-state index contributed by atoms with van der Waals surface area (Å²) >= 11 is 0. The molecular weight excluding hydrogens is 388 g/mol. The van der Waals surface area contributed by atoms with Crippen LogP contribution in [-0.2, 0) is 10.2 Å². The van der Waals surface area contributed by atoms with Crippen molar-refractivity contribution in [3.63, 3.8) is 0 Å². The first kappa shape index (κ1) is 21.1. The Hall–Kier alpha value is -3.15. The molecule has 0 fully saturated rings. The molecule has 162 valence electrons. The zero-order valence-corrected chi connectivity index (χ0v) is 18.9. The maximum Gasteiger partial charge on any atom is 0.257 e. The second kappa shape index (κ2) is 7.52. The van der Waals surface area contributed by atoms with E-state index in [2.05, 4.69) is 36.1 Å². The maximum absolute atomic E-state index is 13.1. The van der Waals surface area contributed by atoms with Crippen LogP contribution < -0.4 is 10.2 Å². The molecule has 0 radical (unpaired) electrons. The van der Waals surface area contributed by atoms with E-state index in [1.807, 2.05) is 49.1 Å². The van der Waals surface area contributed by atoms with Gasteiger partial charge in [0.05, 0.1) is 22.1 Å². The molecule has 3 aromatic rings. The Balaban J connectivity index is 1.62. The molecule has 1 aliphatic rings. The van der Waals surface area contributed by atoms with Gasteiger partial charge in [-0.1, -0.05) is 39.0 Å². The third kappa shape index (κ3) is 4.07. The molecule has 0 saturated carbocycles. The van der Waals surface area contributed by atoms with E-state index >= 15 is 0 Å². The van der Waals surface area contributed by atoms with Crippen LogP contribution in [0.25, 0.3) is 11.0 Å². The van der Waals surface area contributed by atoms with Crippen molar-refractivity contribution in [1.82, 2.24) is 9.97 Å². The average molecular weight is 419 g/mol. The molecule has 31 heavy (non-hydrogen) atoms. The summed E-state index contributed by atoms with van der Waals surface area (Å²) in [5, 5.41) is 2.83. The third-order valence-corrected chi connectivity index (χ3v) is 5.92. The van der Waals surface area contributed by atoms with E-state index in [-0.39, 0.29) is 17.2 Å². The van der Waals surface area contributed by atoms with Crippen LogP contribution in [0.4, 0.5) is 11.6 Å². The van der Waals surface area contributed by atoms with Crippen LogP contribution in [-0.4, -0.2) is 28.3 Å². The normalized spacial score (nSPS) is 15.4. The highest BCUT2D eigenvalue weighted by molar-refractivity contribution is 6.10. The van der Waals surface area contributed by atoms with Gasteiger partial charge in [-0.2, -0.15) is 0 Å². The van der Waals surface area contributed by atoms with E-state index in [1.165, 1.54) is 0 Å². The van der Waals surface area contributed by atoms with E-state index in [0.717, 1.165) is 35.1 Å². The molecule has 1 aliphatic heterocycles. The first-order chi connectivity index (χ1) is 14.6. The van der Waals surface area contributed by atoms with Crippen molar-refractivity contribution >= 4 is 34.5 Å². The Morgan fingerprint density at radius 3 is 2.55 bits per heavy atom. The second-order valence-corrected chi connectivity index (χ2v) is 10.0. The van der Waals surface area contributed by atoms with E-state index in [1.54, 1.807) is 12.1 Å². The SMILES string of the molecule is CC(C)(C)CCCN1C(=O)C(C)(C)c2cc3[nH]c(NC(=O)c4ccccc4)nc3cc21. The molecule has 0 saturated heterocycles. The molecule has 2 aromatic carbocycles. The Labute approximate surface area is 183 Å². The van der Waals surface area contributed by atoms with Gasteiger partial charge in [-0.25, -0.2) is 4.98 Å². The van der Waals surface area contributed by atoms with E-state index in [9.17, 15) is 9.59 Å². The van der Waals surface area contributed by atoms with Crippen LogP contribution in [0, 0.1) is 5.41 Å². The first-order valence-electron chi connectivity index (χ1n) is 10.8. The molecule has 0 bridgehead atoms. The van der Waals surface area contributed by atoms with Crippen molar-refractivity contribution in [3.8, 4) is 0 Å². The smallest absolute Gasteiger partial charge is 0.257 e. The van der Waals surface area contributed by atoms with Gasteiger partial charge in [-0.05, 0) is 61.9 Å². The lowest BCUT2D eigenvalue weighted by Gasteiger charge is -2.23. The van der Waals surface area contributed by atoms with Gasteiger partial charge < -0.3 is 9.88 Å². The fraction of sp³-hybridized carbons (Fsp3) is 0.400. The maximum atomic E-state index is 13.1. The Kier molecular flexibility index (Phi) is 5.12. The number of nitrogens with zero attached hydrogens (tertiary/aromatic N) is 2. The van der Waals surface area contributed by atoms with Crippen molar-refractivity contribution in [2.24, 2.45) is 5.41 Å². The number of aromatic amines is 1. The number of benzene rings is 2. The Bertz CT molecular complexity index is 1140. The average Bonchev–Trinajstić information content (AvgIpc) is 3.17. The summed E-state index contributed by atoms with van der Waals surface area (Å²) in [6, 6.07) is 13.0. The summed E-state index contributed by atoms with van der Waals surface area (Å²) in [7, 11) is 0. The van der Waals surface area contributed by atoms with Gasteiger partial charge in [0, 0.05) is 12.1 Å². The Morgan fingerprint density at radius 2 is 1.87 bits per heavy atom. The number of aromatic nitrogens is 2. The molecule has 6 nitrogen and oxygen atoms in total. The van der Waals surface area contributed by atoms with Crippen molar-refractivity contribution in [1.29, 1.82) is 0 Å². The third-order valence-electron chi connectivity index (χ3n) is 5.92. The molecule has 0 atom stereocenters. The summed E-state index contributed by atoms with van der Waals surface area (Å²) in [5.41, 5.74) is 3.66. The highest BCUT2D eigenvalue weighted by Gasteiger charge is 2.44. The van der Waals surface area contributed by atoms with Crippen molar-refractivity contribution in [2.45, 2.75) is 52.9 Å². The standard InChI is InChI=1S/C25H30N4O2/c1-24(2,3)12-9-13-29-20-15-19-18(14-17(20)25(4,5)22(29)31)26-23(27-19)28-21(30)16-10-7-6-8-11-16/h6-8,10-11,14-15H,9,12-13H2,1-5H3,(H2,26,27,28,30). The number of carbonyl (C=O) groups is 2. The molecule has 6 heteroatoms. The number of nitrogens with one attached hydrogen (secondary N) is 2. The van der Waals surface area contributed by atoms with Crippen LogP contribution >= 0.6 is 0 Å². The summed E-state index contributed by atoms with van der Waals surface area (Å²) in [5.74, 6) is 0.309. The largest absolute Gasteiger partial charge is 0.324 e. The Morgan fingerprint density at radius 1 is 1.16 bits per heavy atom. The molecule has 2 amide bonds. The number of carbonyl (C=O) groups excluding carboxylic acids is 2. The monoisotopic (exact) mass is 418 g/mol. The molecule has 2 heterocycles. The van der Waals surface area contributed by atoms with Gasteiger partial charge in [-0.15, -0.1) is 0 Å². The number of amides is 2. The molecule has 4 rings (SSSR count). The molecule has 0 spiro atoms. The van der Waals surface area contributed by atoms with Gasteiger partial charge in [0.2, 0.25) is 11.9 Å². The van der Waals surface area contributed by atoms with Crippen LogP contribution in [0.15, 0.2) is 42.5 Å². The lowest BCUT2D eigenvalue weighted by atomic mass is 9.86. The minimum Gasteiger partial charge on any atom is -0.324 e. The second-order valence-electron chi connectivity index (χ2n) is 10.0. The minimum atomic E-state index is -0.593. The fourth-order valence-corrected chi connectivity index (χ4v) is 4.15. The summed E-state index contributed by atoms with van der Waals surface area (Å²) in [6.45, 7) is 11.3. The highest BCUT2D eigenvalue weighted by atomic mass is 16.2. The highest BCUT2D eigenvalue weighted by Crippen LogP contribution is 2.43. The molecule has 2 N–H and O–H groups in total. The quantitative estimate of drug-likeness (QED) is 0.593. The first-order valence-corrected chi connectivity index (χ1v) is 10.8. The van der Waals surface area contributed by atoms with E-state index in [4.69, 9.17) is 0 Å². The predicted octanol–water partition coefficient (Wildman–Crippen LogP) is 5.27. The van der Waals surface area contributed by atoms with Crippen molar-refractivity contribution in [3.05, 3.63) is 53.6 Å². The van der Waals surface area contributed by atoms with E-state index in [0.29, 0.717) is 18.1 Å². The number of anilines is 2. The van der Waals surface area contributed by atoms with Crippen LogP contribution in [0.2, 0.25) is 0 Å². The topological polar surface area (TPSA) is 78.1 Å². The van der Waals surface area contributed by atoms with E-state index < -0.39 is 5.41 Å². The molecule has 0 unspecified atom stereocenters. The number of fused-ring (bicyclic) bond motifs is 2. The summed E-state index contributed by atoms with van der Waals surface area (Å²) in [6.07, 6.45) is 1.99. The fourth-order valence-electron chi connectivity index (χ4n) is 4.15. The number of H-pyrrole nitrogens is 1. The van der Waals surface area contributed by atoms with Crippen LogP contribution in [0.3, 0.4) is 0 Å². The van der Waals surface area contributed by atoms with Crippen molar-refractivity contribution in [2.75, 3.05) is 16.8 Å². The lowest BCUT2D eigenvalue weighted by molar-refractivity contribution is -0.122. The molecule has 0 aliphatic carbocycles. The lowest BCUT2D eigenvalue weighted by Crippen LogP contribution is -2.37. The summed E-state index contributed by atoms with van der Waals surface area (Å²) in [4.78, 5) is 35.3. The van der Waals surface area contributed by atoms with Gasteiger partial charge in [-0.3, -0.25) is 14.9 Å². The molecule has 1 aromatic heterocycles. The minimum absolute atomic E-state index is 0.127. The predicted molar refractivity (Wildman–Crippen MR) is 125 cm³/mol.